The third kappa shape index (κ3) is 17.3. The van der Waals surface area contributed by atoms with Crippen molar-refractivity contribution >= 4 is 29.1 Å². The lowest BCUT2D eigenvalue weighted by Gasteiger charge is -2.17. The predicted molar refractivity (Wildman–Crippen MR) is 188 cm³/mol. The lowest BCUT2D eigenvalue weighted by Crippen LogP contribution is -2.28. The quantitative estimate of drug-likeness (QED) is 0.114. The van der Waals surface area contributed by atoms with Crippen LogP contribution in [-0.4, -0.2) is 56.2 Å². The van der Waals surface area contributed by atoms with Crippen LogP contribution in [0.2, 0.25) is 0 Å². The van der Waals surface area contributed by atoms with Gasteiger partial charge in [0.15, 0.2) is 5.78 Å². The van der Waals surface area contributed by atoms with Crippen LogP contribution in [0.15, 0.2) is 60.0 Å². The van der Waals surface area contributed by atoms with Gasteiger partial charge >= 0.3 is 11.9 Å². The number of carboxylic acids is 2. The second-order valence-electron chi connectivity index (χ2n) is 12.6. The molecule has 1 aromatic heterocycles. The van der Waals surface area contributed by atoms with Gasteiger partial charge < -0.3 is 32.5 Å². The summed E-state index contributed by atoms with van der Waals surface area (Å²) in [5, 5.41) is 29.6. The number of nitrogens with zero attached hydrogens (tertiary/aromatic N) is 1. The average Bonchev–Trinajstić information content (AvgIpc) is 3.50. The Balaban J connectivity index is 0.000000353. The molecule has 11 heteroatoms. The zero-order chi connectivity index (χ0) is 35.7. The lowest BCUT2D eigenvalue weighted by molar-refractivity contribution is -0.142. The fourth-order valence-electron chi connectivity index (χ4n) is 4.45. The number of thiazole rings is 1. The van der Waals surface area contributed by atoms with Crippen molar-refractivity contribution in [2.24, 2.45) is 35.0 Å². The number of benzene rings is 2. The zero-order valence-electron chi connectivity index (χ0n) is 28.5. The summed E-state index contributed by atoms with van der Waals surface area (Å²) in [7, 11) is 0. The van der Waals surface area contributed by atoms with Crippen LogP contribution in [0, 0.1) is 24.7 Å². The Labute approximate surface area is 283 Å². The Morgan fingerprint density at radius 2 is 1.23 bits per heavy atom. The van der Waals surface area contributed by atoms with Gasteiger partial charge in [0, 0.05) is 30.4 Å². The van der Waals surface area contributed by atoms with E-state index >= 15 is 0 Å². The maximum absolute atomic E-state index is 11.0. The van der Waals surface area contributed by atoms with Crippen molar-refractivity contribution in [1.82, 2.24) is 4.98 Å². The van der Waals surface area contributed by atoms with E-state index in [0.717, 1.165) is 24.0 Å². The molecule has 3 aromatic rings. The minimum Gasteiger partial charge on any atom is -0.481 e. The van der Waals surface area contributed by atoms with Crippen molar-refractivity contribution in [2.75, 3.05) is 0 Å². The predicted octanol–water partition coefficient (Wildman–Crippen LogP) is 5.40. The van der Waals surface area contributed by atoms with E-state index < -0.39 is 18.0 Å². The molecular weight excluding hydrogens is 616 g/mol. The molecule has 0 bridgehead atoms. The Morgan fingerprint density at radius 3 is 1.64 bits per heavy atom. The summed E-state index contributed by atoms with van der Waals surface area (Å²) < 4.78 is 0. The minimum atomic E-state index is -0.779. The third-order valence-electron chi connectivity index (χ3n) is 7.63. The van der Waals surface area contributed by atoms with Crippen molar-refractivity contribution in [1.29, 1.82) is 0 Å². The van der Waals surface area contributed by atoms with Crippen LogP contribution in [0.3, 0.4) is 0 Å². The van der Waals surface area contributed by atoms with Gasteiger partial charge in [-0.2, -0.15) is 0 Å². The van der Waals surface area contributed by atoms with Gasteiger partial charge in [0.1, 0.15) is 16.8 Å². The monoisotopic (exact) mass is 670 g/mol. The van der Waals surface area contributed by atoms with E-state index in [4.69, 9.17) is 27.4 Å². The summed E-state index contributed by atoms with van der Waals surface area (Å²) in [6.07, 6.45) is 2.31. The van der Waals surface area contributed by atoms with Crippen LogP contribution in [0.1, 0.15) is 92.2 Å². The number of aliphatic carboxylic acids is 2. The molecule has 3 rings (SSSR count). The molecule has 0 saturated heterocycles. The van der Waals surface area contributed by atoms with Crippen molar-refractivity contribution in [3.05, 3.63) is 87.4 Å². The van der Waals surface area contributed by atoms with E-state index in [9.17, 15) is 19.5 Å². The molecule has 47 heavy (non-hydrogen) atoms. The fraction of sp³-hybridized carbons (Fsp3) is 0.500. The molecule has 0 saturated carbocycles. The number of carbonyl (C=O) groups is 3. The largest absolute Gasteiger partial charge is 0.481 e. The summed E-state index contributed by atoms with van der Waals surface area (Å²) in [6.45, 7) is 10.9. The van der Waals surface area contributed by atoms with E-state index in [0.29, 0.717) is 35.9 Å². The minimum absolute atomic E-state index is 0.0559. The Bertz CT molecular complexity index is 1350. The van der Waals surface area contributed by atoms with E-state index in [1.165, 1.54) is 23.8 Å². The molecule has 0 amide bonds. The maximum atomic E-state index is 11.0. The maximum Gasteiger partial charge on any atom is 0.306 e. The number of carboxylic acid groups (broad SMARTS) is 2. The molecule has 0 aliphatic rings. The first-order valence-electron chi connectivity index (χ1n) is 16.0. The molecule has 2 aromatic carbocycles. The van der Waals surface area contributed by atoms with E-state index in [2.05, 4.69) is 4.98 Å². The summed E-state index contributed by atoms with van der Waals surface area (Å²) in [4.78, 5) is 36.4. The van der Waals surface area contributed by atoms with Crippen LogP contribution < -0.4 is 17.2 Å². The van der Waals surface area contributed by atoms with Crippen molar-refractivity contribution in [3.63, 3.8) is 0 Å². The topological polar surface area (TPSA) is 203 Å². The zero-order valence-corrected chi connectivity index (χ0v) is 29.3. The lowest BCUT2D eigenvalue weighted by atomic mass is 9.96. The van der Waals surface area contributed by atoms with Crippen LogP contribution in [0.4, 0.5) is 0 Å². The van der Waals surface area contributed by atoms with Crippen LogP contribution in [0.25, 0.3) is 0 Å². The van der Waals surface area contributed by atoms with Crippen LogP contribution >= 0.6 is 11.3 Å². The number of hydrogen-bond donors (Lipinski definition) is 6. The molecule has 10 nitrogen and oxygen atoms in total. The molecule has 0 aliphatic heterocycles. The van der Waals surface area contributed by atoms with Gasteiger partial charge in [-0.3, -0.25) is 14.4 Å². The molecule has 0 fully saturated rings. The highest BCUT2D eigenvalue weighted by Crippen LogP contribution is 2.24. The molecule has 9 N–H and O–H groups in total. The Hall–Kier alpha value is -3.48. The second kappa shape index (κ2) is 21.4. The van der Waals surface area contributed by atoms with E-state index in [-0.39, 0.29) is 35.7 Å². The van der Waals surface area contributed by atoms with Crippen molar-refractivity contribution in [2.45, 2.75) is 97.9 Å². The first-order valence-corrected chi connectivity index (χ1v) is 16.8. The highest BCUT2D eigenvalue weighted by Gasteiger charge is 2.19. The van der Waals surface area contributed by atoms with Gasteiger partial charge in [-0.25, -0.2) is 4.98 Å². The van der Waals surface area contributed by atoms with Gasteiger partial charge in [-0.15, -0.1) is 11.3 Å². The van der Waals surface area contributed by atoms with Gasteiger partial charge in [0.2, 0.25) is 0 Å². The number of nitrogens with two attached hydrogens (primary N) is 3. The number of aromatic nitrogens is 1. The molecule has 0 unspecified atom stereocenters. The molecule has 6 atom stereocenters. The normalized spacial score (nSPS) is 14.7. The molecule has 0 aliphatic carbocycles. The molecule has 1 heterocycles. The number of ketones is 1. The SMILES string of the molecule is CC(=O)c1csc([C@H](O)C[C@@H](N)C(C)C)n1.C[C@@H](C[C@@H](N)Cc1ccccc1)C(=O)O.Cc1ccc(C[C@H](N)C[C@H](C)C(=O)O)cc1. The average molecular weight is 671 g/mol. The number of hydrogen-bond acceptors (Lipinski definition) is 9. The molecular formula is C36H54N4O6S. The highest BCUT2D eigenvalue weighted by molar-refractivity contribution is 7.09. The van der Waals surface area contributed by atoms with Crippen molar-refractivity contribution in [3.8, 4) is 0 Å². The number of aliphatic hydroxyl groups is 1. The van der Waals surface area contributed by atoms with E-state index in [1.807, 2.05) is 75.4 Å². The fourth-order valence-corrected chi connectivity index (χ4v) is 5.31. The van der Waals surface area contributed by atoms with Gasteiger partial charge in [-0.05, 0) is 56.1 Å². The molecule has 260 valence electrons. The summed E-state index contributed by atoms with van der Waals surface area (Å²) in [5.74, 6) is -2.06. The Morgan fingerprint density at radius 1 is 0.766 bits per heavy atom. The standard InChI is InChI=1S/C13H19NO2.C12H17NO2.C11H18N2O2S/c1-9-3-5-11(6-4-9)8-12(14)7-10(2)13(15)16;1-9(12(14)15)7-11(13)8-10-5-3-2-4-6-10;1-6(2)8(12)4-10(15)11-13-9(5-16-11)7(3)14/h3-6,10,12H,7-8,14H2,1-2H3,(H,15,16);2-6,9,11H,7-8,13H2,1H3,(H,14,15);5-6,8,10,15H,4,12H2,1-3H3/t10-,12+;9-,11+;8-,10-/m001/s1. The summed E-state index contributed by atoms with van der Waals surface area (Å²) in [6, 6.07) is 17.8. The van der Waals surface area contributed by atoms with Gasteiger partial charge in [-0.1, -0.05) is 87.9 Å². The van der Waals surface area contributed by atoms with Crippen LogP contribution in [0.5, 0.6) is 0 Å². The number of carbonyl (C=O) groups excluding carboxylic acids is 1. The number of aliphatic hydroxyl groups excluding tert-OH is 1. The smallest absolute Gasteiger partial charge is 0.306 e. The first-order chi connectivity index (χ1) is 22.0. The number of rotatable bonds is 15. The number of aryl methyl sites for hydroxylation is 1. The molecule has 0 radical (unpaired) electrons. The highest BCUT2D eigenvalue weighted by atomic mass is 32.1. The van der Waals surface area contributed by atoms with Gasteiger partial charge in [0.05, 0.1) is 11.8 Å². The van der Waals surface area contributed by atoms with E-state index in [1.54, 1.807) is 19.2 Å². The first kappa shape index (κ1) is 41.5. The molecule has 0 spiro atoms. The summed E-state index contributed by atoms with van der Waals surface area (Å²) in [5.41, 5.74) is 21.6. The summed E-state index contributed by atoms with van der Waals surface area (Å²) >= 11 is 1.30. The van der Waals surface area contributed by atoms with Crippen LogP contribution in [-0.2, 0) is 22.4 Å². The number of Topliss-reactive ketones (excluding diaryl/α,β-unsaturated/α-hetero) is 1. The van der Waals surface area contributed by atoms with Crippen molar-refractivity contribution < 1.29 is 29.7 Å². The second-order valence-corrected chi connectivity index (χ2v) is 13.5. The van der Waals surface area contributed by atoms with Gasteiger partial charge in [0.25, 0.3) is 0 Å². The Kier molecular flexibility index (Phi) is 18.9. The third-order valence-corrected chi connectivity index (χ3v) is 8.58.